The van der Waals surface area contributed by atoms with E-state index >= 15 is 0 Å². The monoisotopic (exact) mass is 451 g/mol. The maximum atomic E-state index is 13.5. The molecule has 11 heteroatoms. The lowest BCUT2D eigenvalue weighted by molar-refractivity contribution is -0.130. The molecule has 1 fully saturated rings. The third-order valence-corrected chi connectivity index (χ3v) is 5.58. The Morgan fingerprint density at radius 3 is 2.50 bits per heavy atom. The average molecular weight is 451 g/mol. The highest BCUT2D eigenvalue weighted by atomic mass is 19.3. The van der Waals surface area contributed by atoms with Crippen LogP contribution in [0.15, 0.2) is 16.9 Å². The molecular weight excluding hydrogens is 424 g/mol. The minimum absolute atomic E-state index is 0.0515. The van der Waals surface area contributed by atoms with Crippen LogP contribution in [0.5, 0.6) is 5.88 Å². The van der Waals surface area contributed by atoms with Crippen LogP contribution < -0.4 is 11.3 Å². The summed E-state index contributed by atoms with van der Waals surface area (Å²) in [6, 6.07) is 1.50. The van der Waals surface area contributed by atoms with Crippen molar-refractivity contribution in [1.82, 2.24) is 19.1 Å². The van der Waals surface area contributed by atoms with E-state index in [9.17, 15) is 28.3 Å². The first-order chi connectivity index (χ1) is 14.9. The Hall–Kier alpha value is -3.24. The first-order valence-electron chi connectivity index (χ1n) is 10.4. The number of nitrogens with zero attached hydrogens (tertiary/aromatic N) is 4. The van der Waals surface area contributed by atoms with E-state index in [4.69, 9.17) is 5.73 Å². The normalized spacial score (nSPS) is 15.9. The van der Waals surface area contributed by atoms with Crippen LogP contribution in [0.3, 0.4) is 0 Å². The van der Waals surface area contributed by atoms with E-state index in [0.717, 1.165) is 11.4 Å². The highest BCUT2D eigenvalue weighted by Gasteiger charge is 2.37. The molecule has 3 heterocycles. The average Bonchev–Trinajstić information content (AvgIpc) is 3.13. The minimum atomic E-state index is -2.76. The molecule has 0 saturated carbocycles. The standard InChI is InChI=1S/C21H27F2N5O4/c1-12(2)11-27-15-10-14(25-28(15)20(32)17(18(24)30)19(27)31)4-5-16(29)26-8-6-13(7-9-26)21(3,22)23/h4-5,10,12-13,32H,6-9,11H2,1-3H3,(H2,24,30). The smallest absolute Gasteiger partial charge is 0.270 e. The zero-order valence-electron chi connectivity index (χ0n) is 18.2. The summed E-state index contributed by atoms with van der Waals surface area (Å²) in [6.45, 7) is 5.39. The summed E-state index contributed by atoms with van der Waals surface area (Å²) in [5.41, 5.74) is 4.48. The molecule has 1 aliphatic rings. The van der Waals surface area contributed by atoms with Crippen LogP contribution in [-0.4, -0.2) is 55.0 Å². The highest BCUT2D eigenvalue weighted by molar-refractivity contribution is 5.95. The Bertz CT molecular complexity index is 1120. The predicted molar refractivity (Wildman–Crippen MR) is 113 cm³/mol. The summed E-state index contributed by atoms with van der Waals surface area (Å²) < 4.78 is 29.2. The summed E-state index contributed by atoms with van der Waals surface area (Å²) in [7, 11) is 0. The fraction of sp³-hybridized carbons (Fsp3) is 0.524. The number of carbonyl (C=O) groups is 2. The van der Waals surface area contributed by atoms with Crippen molar-refractivity contribution in [3.05, 3.63) is 33.8 Å². The maximum absolute atomic E-state index is 13.5. The fourth-order valence-corrected chi connectivity index (χ4v) is 3.89. The van der Waals surface area contributed by atoms with Gasteiger partial charge in [-0.2, -0.15) is 9.61 Å². The van der Waals surface area contributed by atoms with Crippen LogP contribution in [0, 0.1) is 11.8 Å². The van der Waals surface area contributed by atoms with Crippen molar-refractivity contribution in [1.29, 1.82) is 0 Å². The molecule has 0 aromatic carbocycles. The Morgan fingerprint density at radius 2 is 1.97 bits per heavy atom. The van der Waals surface area contributed by atoms with E-state index in [0.29, 0.717) is 0 Å². The number of fused-ring (bicyclic) bond motifs is 1. The van der Waals surface area contributed by atoms with E-state index in [1.165, 1.54) is 27.7 Å². The zero-order chi connectivity index (χ0) is 23.8. The number of aromatic nitrogens is 3. The van der Waals surface area contributed by atoms with Crippen molar-refractivity contribution in [3.8, 4) is 5.88 Å². The van der Waals surface area contributed by atoms with Crippen molar-refractivity contribution in [2.45, 2.75) is 46.1 Å². The van der Waals surface area contributed by atoms with Crippen LogP contribution in [0.1, 0.15) is 49.7 Å². The Kier molecular flexibility index (Phi) is 6.38. The number of hydrogen-bond donors (Lipinski definition) is 2. The van der Waals surface area contributed by atoms with Gasteiger partial charge < -0.3 is 15.7 Å². The van der Waals surface area contributed by atoms with Crippen LogP contribution in [0.4, 0.5) is 8.78 Å². The molecule has 0 atom stereocenters. The molecule has 3 N–H and O–H groups in total. The van der Waals surface area contributed by atoms with Gasteiger partial charge in [0.2, 0.25) is 17.7 Å². The lowest BCUT2D eigenvalue weighted by Gasteiger charge is -2.34. The van der Waals surface area contributed by atoms with Crippen molar-refractivity contribution in [2.24, 2.45) is 17.6 Å². The molecule has 0 unspecified atom stereocenters. The quantitative estimate of drug-likeness (QED) is 0.649. The van der Waals surface area contributed by atoms with Gasteiger partial charge in [0.15, 0.2) is 5.56 Å². The lowest BCUT2D eigenvalue weighted by Crippen LogP contribution is -2.41. The van der Waals surface area contributed by atoms with Crippen molar-refractivity contribution >= 4 is 23.5 Å². The molecule has 2 amide bonds. The topological polar surface area (TPSA) is 123 Å². The molecule has 32 heavy (non-hydrogen) atoms. The number of rotatable bonds is 6. The largest absolute Gasteiger partial charge is 0.492 e. The third-order valence-electron chi connectivity index (χ3n) is 5.58. The molecule has 0 spiro atoms. The van der Waals surface area contributed by atoms with E-state index in [-0.39, 0.29) is 55.6 Å². The summed E-state index contributed by atoms with van der Waals surface area (Å²) in [5.74, 6) is -5.55. The number of halogens is 2. The van der Waals surface area contributed by atoms with E-state index in [1.807, 2.05) is 13.8 Å². The van der Waals surface area contributed by atoms with Gasteiger partial charge in [0, 0.05) is 37.7 Å². The van der Waals surface area contributed by atoms with Gasteiger partial charge in [-0.25, -0.2) is 8.78 Å². The van der Waals surface area contributed by atoms with Crippen LogP contribution in [0.25, 0.3) is 11.7 Å². The number of carbonyl (C=O) groups excluding carboxylic acids is 2. The number of alkyl halides is 2. The number of primary amides is 1. The van der Waals surface area contributed by atoms with Crippen LogP contribution in [-0.2, 0) is 11.3 Å². The second-order valence-electron chi connectivity index (χ2n) is 8.60. The molecule has 1 aliphatic heterocycles. The molecule has 9 nitrogen and oxygen atoms in total. The molecule has 174 valence electrons. The van der Waals surface area contributed by atoms with Crippen molar-refractivity contribution in [3.63, 3.8) is 0 Å². The van der Waals surface area contributed by atoms with Gasteiger partial charge >= 0.3 is 0 Å². The molecular formula is C21H27F2N5O4. The summed E-state index contributed by atoms with van der Waals surface area (Å²) >= 11 is 0. The van der Waals surface area contributed by atoms with E-state index in [1.54, 1.807) is 0 Å². The number of amides is 2. The van der Waals surface area contributed by atoms with Crippen molar-refractivity contribution < 1.29 is 23.5 Å². The first kappa shape index (κ1) is 23.4. The van der Waals surface area contributed by atoms with E-state index < -0.39 is 34.8 Å². The maximum Gasteiger partial charge on any atom is 0.270 e. The van der Waals surface area contributed by atoms with Gasteiger partial charge in [-0.3, -0.25) is 19.0 Å². The summed E-state index contributed by atoms with van der Waals surface area (Å²) in [4.78, 5) is 38.4. The number of aromatic hydroxyl groups is 1. The van der Waals surface area contributed by atoms with Gasteiger partial charge in [-0.1, -0.05) is 13.8 Å². The molecule has 0 bridgehead atoms. The highest BCUT2D eigenvalue weighted by Crippen LogP contribution is 2.32. The second-order valence-corrected chi connectivity index (χ2v) is 8.60. The fourth-order valence-electron chi connectivity index (χ4n) is 3.89. The number of piperidine rings is 1. The van der Waals surface area contributed by atoms with Crippen molar-refractivity contribution in [2.75, 3.05) is 13.1 Å². The van der Waals surface area contributed by atoms with Gasteiger partial charge in [0.25, 0.3) is 11.5 Å². The van der Waals surface area contributed by atoms with Crippen LogP contribution >= 0.6 is 0 Å². The zero-order valence-corrected chi connectivity index (χ0v) is 18.2. The molecule has 3 rings (SSSR count). The third kappa shape index (κ3) is 4.66. The lowest BCUT2D eigenvalue weighted by atomic mass is 9.91. The second kappa shape index (κ2) is 8.71. The number of nitrogens with two attached hydrogens (primary N) is 1. The minimum Gasteiger partial charge on any atom is -0.492 e. The Balaban J connectivity index is 1.88. The van der Waals surface area contributed by atoms with Crippen LogP contribution in [0.2, 0.25) is 0 Å². The first-order valence-corrected chi connectivity index (χ1v) is 10.4. The van der Waals surface area contributed by atoms with E-state index in [2.05, 4.69) is 5.10 Å². The predicted octanol–water partition coefficient (Wildman–Crippen LogP) is 1.86. The molecule has 1 saturated heterocycles. The summed E-state index contributed by atoms with van der Waals surface area (Å²) in [6.07, 6.45) is 3.12. The SMILES string of the molecule is CC(C)Cn1c(=O)c(C(N)=O)c(O)n2nc(C=CC(=O)N3CCC(C(C)(F)F)CC3)cc12. The summed E-state index contributed by atoms with van der Waals surface area (Å²) in [5, 5.41) is 14.5. The Labute approximate surface area is 183 Å². The Morgan fingerprint density at radius 1 is 1.34 bits per heavy atom. The van der Waals surface area contributed by atoms with Gasteiger partial charge in [0.05, 0.1) is 5.69 Å². The number of hydrogen-bond acceptors (Lipinski definition) is 5. The molecule has 0 aliphatic carbocycles. The molecule has 0 radical (unpaired) electrons. The van der Waals surface area contributed by atoms with Gasteiger partial charge in [0.1, 0.15) is 5.65 Å². The number of likely N-dealkylation sites (tertiary alicyclic amines) is 1. The molecule has 2 aromatic heterocycles. The molecule has 2 aromatic rings. The van der Waals surface area contributed by atoms with Gasteiger partial charge in [-0.15, -0.1) is 0 Å². The van der Waals surface area contributed by atoms with Gasteiger partial charge in [-0.05, 0) is 31.8 Å².